The molecule has 0 aliphatic carbocycles. The fourth-order valence-corrected chi connectivity index (χ4v) is 3.02. The van der Waals surface area contributed by atoms with E-state index in [1.165, 1.54) is 6.42 Å². The molecule has 0 radical (unpaired) electrons. The lowest BCUT2D eigenvalue weighted by molar-refractivity contribution is -0.130. The molecule has 1 fully saturated rings. The second-order valence-corrected chi connectivity index (χ2v) is 6.60. The first-order valence-corrected chi connectivity index (χ1v) is 8.87. The lowest BCUT2D eigenvalue weighted by Gasteiger charge is -2.25. The van der Waals surface area contributed by atoms with E-state index in [2.05, 4.69) is 10.1 Å². The summed E-state index contributed by atoms with van der Waals surface area (Å²) in [7, 11) is 1.81. The fourth-order valence-electron chi connectivity index (χ4n) is 3.02. The van der Waals surface area contributed by atoms with E-state index >= 15 is 0 Å². The number of hydrogen-bond acceptors (Lipinski definition) is 5. The van der Waals surface area contributed by atoms with Crippen LogP contribution in [0.15, 0.2) is 28.8 Å². The summed E-state index contributed by atoms with van der Waals surface area (Å²) < 4.78 is 11.0. The van der Waals surface area contributed by atoms with Crippen LogP contribution in [0, 0.1) is 6.92 Å². The van der Waals surface area contributed by atoms with Crippen LogP contribution in [0.3, 0.4) is 0 Å². The SMILES string of the molecule is Cc1ccccc1-c1noc(CC(=O)N(C)CCC2CCCCO2)n1. The summed E-state index contributed by atoms with van der Waals surface area (Å²) in [5.74, 6) is 0.860. The van der Waals surface area contributed by atoms with Gasteiger partial charge in [-0.25, -0.2) is 0 Å². The molecule has 25 heavy (non-hydrogen) atoms. The fraction of sp³-hybridized carbons (Fsp3) is 0.526. The van der Waals surface area contributed by atoms with Crippen molar-refractivity contribution in [1.82, 2.24) is 15.0 Å². The van der Waals surface area contributed by atoms with E-state index in [1.54, 1.807) is 4.90 Å². The zero-order valence-corrected chi connectivity index (χ0v) is 14.9. The Morgan fingerprint density at radius 3 is 2.92 bits per heavy atom. The molecule has 1 aromatic carbocycles. The van der Waals surface area contributed by atoms with Gasteiger partial charge in [-0.05, 0) is 38.2 Å². The third-order valence-corrected chi connectivity index (χ3v) is 4.64. The van der Waals surface area contributed by atoms with Gasteiger partial charge >= 0.3 is 0 Å². The lowest BCUT2D eigenvalue weighted by atomic mass is 10.1. The molecule has 1 amide bonds. The van der Waals surface area contributed by atoms with Gasteiger partial charge in [0.2, 0.25) is 17.6 Å². The van der Waals surface area contributed by atoms with E-state index in [9.17, 15) is 4.79 Å². The molecule has 6 heteroatoms. The number of carbonyl (C=O) groups excluding carboxylic acids is 1. The zero-order chi connectivity index (χ0) is 17.6. The number of ether oxygens (including phenoxy) is 1. The van der Waals surface area contributed by atoms with Crippen molar-refractivity contribution in [2.45, 2.75) is 45.1 Å². The molecule has 0 spiro atoms. The van der Waals surface area contributed by atoms with E-state index in [1.807, 2.05) is 38.2 Å². The topological polar surface area (TPSA) is 68.5 Å². The molecule has 1 saturated heterocycles. The highest BCUT2D eigenvalue weighted by molar-refractivity contribution is 5.77. The van der Waals surface area contributed by atoms with Gasteiger partial charge in [0, 0.05) is 25.8 Å². The first kappa shape index (κ1) is 17.6. The lowest BCUT2D eigenvalue weighted by Crippen LogP contribution is -2.32. The number of nitrogens with zero attached hydrogens (tertiary/aromatic N) is 3. The first-order valence-electron chi connectivity index (χ1n) is 8.87. The van der Waals surface area contributed by atoms with Gasteiger partial charge in [0.05, 0.1) is 6.10 Å². The normalized spacial score (nSPS) is 17.4. The molecule has 3 rings (SSSR count). The van der Waals surface area contributed by atoms with Crippen LogP contribution in [0.5, 0.6) is 0 Å². The Morgan fingerprint density at radius 1 is 1.32 bits per heavy atom. The summed E-state index contributed by atoms with van der Waals surface area (Å²) >= 11 is 0. The molecule has 0 saturated carbocycles. The molecule has 2 aromatic rings. The molecule has 6 nitrogen and oxygen atoms in total. The maximum Gasteiger partial charge on any atom is 0.236 e. The van der Waals surface area contributed by atoms with Crippen molar-refractivity contribution in [3.63, 3.8) is 0 Å². The van der Waals surface area contributed by atoms with Crippen molar-refractivity contribution in [3.05, 3.63) is 35.7 Å². The van der Waals surface area contributed by atoms with Crippen molar-refractivity contribution in [2.75, 3.05) is 20.2 Å². The number of rotatable bonds is 6. The molecule has 0 bridgehead atoms. The van der Waals surface area contributed by atoms with Gasteiger partial charge in [-0.15, -0.1) is 0 Å². The number of hydrogen-bond donors (Lipinski definition) is 0. The average molecular weight is 343 g/mol. The van der Waals surface area contributed by atoms with Crippen molar-refractivity contribution < 1.29 is 14.1 Å². The van der Waals surface area contributed by atoms with Crippen LogP contribution in [-0.2, 0) is 16.0 Å². The molecule has 1 aliphatic heterocycles. The molecule has 0 N–H and O–H groups in total. The van der Waals surface area contributed by atoms with Gasteiger partial charge < -0.3 is 14.2 Å². The molecular weight excluding hydrogens is 318 g/mol. The Hall–Kier alpha value is -2.21. The van der Waals surface area contributed by atoms with Crippen LogP contribution in [0.1, 0.15) is 37.1 Å². The summed E-state index contributed by atoms with van der Waals surface area (Å²) in [5, 5.41) is 4.00. The van der Waals surface area contributed by atoms with Crippen molar-refractivity contribution in [2.24, 2.45) is 0 Å². The molecule has 2 heterocycles. The van der Waals surface area contributed by atoms with E-state index in [-0.39, 0.29) is 18.4 Å². The number of benzene rings is 1. The first-order chi connectivity index (χ1) is 12.1. The Labute approximate surface area is 148 Å². The summed E-state index contributed by atoms with van der Waals surface area (Å²) in [6.45, 7) is 3.52. The minimum Gasteiger partial charge on any atom is -0.378 e. The second kappa shape index (κ2) is 8.25. The van der Waals surface area contributed by atoms with Crippen molar-refractivity contribution in [3.8, 4) is 11.4 Å². The zero-order valence-electron chi connectivity index (χ0n) is 14.9. The third kappa shape index (κ3) is 4.66. The second-order valence-electron chi connectivity index (χ2n) is 6.60. The van der Waals surface area contributed by atoms with Gasteiger partial charge in [-0.2, -0.15) is 4.98 Å². The van der Waals surface area contributed by atoms with Crippen molar-refractivity contribution in [1.29, 1.82) is 0 Å². The van der Waals surface area contributed by atoms with E-state index in [0.717, 1.165) is 37.0 Å². The molecule has 1 unspecified atom stereocenters. The number of carbonyl (C=O) groups is 1. The van der Waals surface area contributed by atoms with Crippen LogP contribution < -0.4 is 0 Å². The molecule has 1 aromatic heterocycles. The number of aryl methyl sites for hydroxylation is 1. The predicted molar refractivity (Wildman–Crippen MR) is 94.0 cm³/mol. The molecule has 1 aliphatic rings. The molecule has 134 valence electrons. The monoisotopic (exact) mass is 343 g/mol. The highest BCUT2D eigenvalue weighted by atomic mass is 16.5. The summed E-state index contributed by atoms with van der Waals surface area (Å²) in [4.78, 5) is 18.4. The van der Waals surface area contributed by atoms with Gasteiger partial charge in [0.25, 0.3) is 0 Å². The largest absolute Gasteiger partial charge is 0.378 e. The Balaban J connectivity index is 1.53. The average Bonchev–Trinajstić information content (AvgIpc) is 3.09. The minimum atomic E-state index is -0.0178. The van der Waals surface area contributed by atoms with Gasteiger partial charge in [-0.3, -0.25) is 4.79 Å². The summed E-state index contributed by atoms with van der Waals surface area (Å²) in [5.41, 5.74) is 2.00. The maximum atomic E-state index is 12.4. The van der Waals surface area contributed by atoms with Crippen LogP contribution >= 0.6 is 0 Å². The Morgan fingerprint density at radius 2 is 2.16 bits per heavy atom. The molecular formula is C19H25N3O3. The van der Waals surface area contributed by atoms with Crippen LogP contribution in [0.25, 0.3) is 11.4 Å². The number of aromatic nitrogens is 2. The Bertz CT molecular complexity index is 707. The minimum absolute atomic E-state index is 0.0178. The standard InChI is InChI=1S/C19H25N3O3/c1-14-7-3-4-9-16(14)19-20-17(25-21-19)13-18(23)22(2)11-10-15-8-5-6-12-24-15/h3-4,7,9,15H,5-6,8,10-13H2,1-2H3. The van der Waals surface area contributed by atoms with Crippen LogP contribution in [0.4, 0.5) is 0 Å². The van der Waals surface area contributed by atoms with E-state index < -0.39 is 0 Å². The smallest absolute Gasteiger partial charge is 0.236 e. The highest BCUT2D eigenvalue weighted by Gasteiger charge is 2.19. The van der Waals surface area contributed by atoms with Gasteiger partial charge in [0.15, 0.2) is 0 Å². The summed E-state index contributed by atoms with van der Waals surface area (Å²) in [6.07, 6.45) is 4.73. The van der Waals surface area contributed by atoms with Crippen LogP contribution in [0.2, 0.25) is 0 Å². The molecule has 1 atom stereocenters. The highest BCUT2D eigenvalue weighted by Crippen LogP contribution is 2.20. The number of likely N-dealkylation sites (N-methyl/N-ethyl adjacent to an activating group) is 1. The quantitative estimate of drug-likeness (QED) is 0.806. The third-order valence-electron chi connectivity index (χ3n) is 4.64. The van der Waals surface area contributed by atoms with E-state index in [0.29, 0.717) is 18.3 Å². The predicted octanol–water partition coefficient (Wildman–Crippen LogP) is 3.01. The van der Waals surface area contributed by atoms with Crippen molar-refractivity contribution >= 4 is 5.91 Å². The maximum absolute atomic E-state index is 12.4. The van der Waals surface area contributed by atoms with Crippen LogP contribution in [-0.4, -0.2) is 47.3 Å². The van der Waals surface area contributed by atoms with Gasteiger partial charge in [0.1, 0.15) is 6.42 Å². The van der Waals surface area contributed by atoms with E-state index in [4.69, 9.17) is 9.26 Å². The van der Waals surface area contributed by atoms with Gasteiger partial charge in [-0.1, -0.05) is 29.4 Å². The summed E-state index contributed by atoms with van der Waals surface area (Å²) in [6, 6.07) is 7.85. The number of amides is 1. The Kier molecular flexibility index (Phi) is 5.81.